The molecular weight excluding hydrogens is 286 g/mol. The van der Waals surface area contributed by atoms with Crippen LogP contribution in [0.4, 0.5) is 4.79 Å². The molecule has 1 aromatic carbocycles. The third-order valence-corrected chi connectivity index (χ3v) is 3.80. The van der Waals surface area contributed by atoms with E-state index in [2.05, 4.69) is 14.7 Å². The van der Waals surface area contributed by atoms with Crippen LogP contribution in [0.5, 0.6) is 0 Å². The van der Waals surface area contributed by atoms with Gasteiger partial charge in [0.05, 0.1) is 0 Å². The van der Waals surface area contributed by atoms with Crippen LogP contribution in [0.25, 0.3) is 0 Å². The standard InChI is InChI=1S/C15H17N3O4/c19-14-16-13(17-22-14)12-6-8-18(9-7-12)15(20)21-10-11-4-2-1-3-5-11/h1-5,12H,6-10H2,(H,16,17,19). The predicted molar refractivity (Wildman–Crippen MR) is 77.3 cm³/mol. The maximum absolute atomic E-state index is 12.0. The van der Waals surface area contributed by atoms with E-state index in [1.807, 2.05) is 30.3 Å². The summed E-state index contributed by atoms with van der Waals surface area (Å²) >= 11 is 0. The zero-order chi connectivity index (χ0) is 15.4. The van der Waals surface area contributed by atoms with Gasteiger partial charge in [0.25, 0.3) is 0 Å². The number of H-pyrrole nitrogens is 1. The Labute approximate surface area is 126 Å². The molecule has 1 saturated heterocycles. The summed E-state index contributed by atoms with van der Waals surface area (Å²) in [5.74, 6) is 0.131. The molecule has 0 spiro atoms. The zero-order valence-corrected chi connectivity index (χ0v) is 12.0. The van der Waals surface area contributed by atoms with Crippen LogP contribution in [0.1, 0.15) is 30.1 Å². The fourth-order valence-corrected chi connectivity index (χ4v) is 2.56. The fraction of sp³-hybridized carbons (Fsp3) is 0.400. The van der Waals surface area contributed by atoms with Crippen molar-refractivity contribution in [1.29, 1.82) is 0 Å². The number of aromatic nitrogens is 2. The smallest absolute Gasteiger partial charge is 0.438 e. The van der Waals surface area contributed by atoms with Gasteiger partial charge in [0.1, 0.15) is 6.61 Å². The summed E-state index contributed by atoms with van der Waals surface area (Å²) in [6.45, 7) is 1.43. The van der Waals surface area contributed by atoms with E-state index in [4.69, 9.17) is 4.74 Å². The predicted octanol–water partition coefficient (Wildman–Crippen LogP) is 1.88. The monoisotopic (exact) mass is 303 g/mol. The Morgan fingerprint density at radius 3 is 2.68 bits per heavy atom. The number of rotatable bonds is 3. The lowest BCUT2D eigenvalue weighted by molar-refractivity contribution is 0.0865. The normalized spacial score (nSPS) is 15.7. The van der Waals surface area contributed by atoms with Gasteiger partial charge in [-0.15, -0.1) is 0 Å². The summed E-state index contributed by atoms with van der Waals surface area (Å²) in [6.07, 6.45) is 1.14. The Kier molecular flexibility index (Phi) is 4.22. The molecule has 1 aromatic heterocycles. The van der Waals surface area contributed by atoms with Crippen LogP contribution < -0.4 is 5.76 Å². The average Bonchev–Trinajstić information content (AvgIpc) is 3.00. The first-order chi connectivity index (χ1) is 10.7. The van der Waals surface area contributed by atoms with Gasteiger partial charge in [0, 0.05) is 19.0 Å². The number of hydrogen-bond acceptors (Lipinski definition) is 5. The van der Waals surface area contributed by atoms with Crippen LogP contribution in [0, 0.1) is 0 Å². The fourth-order valence-electron chi connectivity index (χ4n) is 2.56. The molecule has 1 fully saturated rings. The number of carbonyl (C=O) groups excluding carboxylic acids is 1. The lowest BCUT2D eigenvalue weighted by atomic mass is 9.96. The number of nitrogens with one attached hydrogen (secondary N) is 1. The summed E-state index contributed by atoms with van der Waals surface area (Å²) in [4.78, 5) is 27.2. The number of hydrogen-bond donors (Lipinski definition) is 1. The maximum Gasteiger partial charge on any atom is 0.438 e. The minimum atomic E-state index is -0.542. The average molecular weight is 303 g/mol. The van der Waals surface area contributed by atoms with E-state index in [0.717, 1.165) is 18.4 Å². The second-order valence-electron chi connectivity index (χ2n) is 5.28. The van der Waals surface area contributed by atoms with Crippen molar-refractivity contribution in [2.45, 2.75) is 25.4 Å². The molecule has 0 aliphatic carbocycles. The number of amides is 1. The van der Waals surface area contributed by atoms with Gasteiger partial charge in [0.15, 0.2) is 5.82 Å². The third kappa shape index (κ3) is 3.36. The van der Waals surface area contributed by atoms with E-state index < -0.39 is 5.76 Å². The SMILES string of the molecule is O=C(OCc1ccccc1)N1CCC(c2noc(=O)[nH]2)CC1. The molecule has 3 rings (SSSR count). The Hall–Kier alpha value is -2.57. The van der Waals surface area contributed by atoms with Crippen LogP contribution in [0.2, 0.25) is 0 Å². The lowest BCUT2D eigenvalue weighted by Gasteiger charge is -2.29. The summed E-state index contributed by atoms with van der Waals surface area (Å²) in [7, 11) is 0. The molecule has 116 valence electrons. The highest BCUT2D eigenvalue weighted by atomic mass is 16.6. The molecule has 22 heavy (non-hydrogen) atoms. The molecule has 0 unspecified atom stereocenters. The number of aromatic amines is 1. The van der Waals surface area contributed by atoms with Crippen molar-refractivity contribution in [3.05, 3.63) is 52.3 Å². The highest BCUT2D eigenvalue weighted by Gasteiger charge is 2.26. The van der Waals surface area contributed by atoms with Crippen molar-refractivity contribution in [2.24, 2.45) is 0 Å². The number of ether oxygens (including phenoxy) is 1. The number of benzene rings is 1. The first-order valence-corrected chi connectivity index (χ1v) is 7.24. The van der Waals surface area contributed by atoms with Gasteiger partial charge in [-0.05, 0) is 18.4 Å². The molecule has 0 saturated carbocycles. The number of likely N-dealkylation sites (tertiary alicyclic amines) is 1. The third-order valence-electron chi connectivity index (χ3n) is 3.80. The van der Waals surface area contributed by atoms with Crippen LogP contribution >= 0.6 is 0 Å². The summed E-state index contributed by atoms with van der Waals surface area (Å²) in [5, 5.41) is 3.71. The number of carbonyl (C=O) groups is 1. The lowest BCUT2D eigenvalue weighted by Crippen LogP contribution is -2.38. The van der Waals surface area contributed by atoms with E-state index in [1.54, 1.807) is 4.90 Å². The molecular formula is C15H17N3O4. The summed E-state index contributed by atoms with van der Waals surface area (Å²) in [6, 6.07) is 9.58. The van der Waals surface area contributed by atoms with E-state index in [1.165, 1.54) is 0 Å². The second kappa shape index (κ2) is 6.46. The van der Waals surface area contributed by atoms with Gasteiger partial charge in [0.2, 0.25) is 0 Å². The van der Waals surface area contributed by atoms with Gasteiger partial charge < -0.3 is 9.64 Å². The largest absolute Gasteiger partial charge is 0.445 e. The molecule has 0 atom stereocenters. The molecule has 7 heteroatoms. The van der Waals surface area contributed by atoms with Crippen molar-refractivity contribution in [2.75, 3.05) is 13.1 Å². The van der Waals surface area contributed by atoms with Crippen LogP contribution in [0.3, 0.4) is 0 Å². The van der Waals surface area contributed by atoms with Crippen molar-refractivity contribution in [3.8, 4) is 0 Å². The van der Waals surface area contributed by atoms with Gasteiger partial charge in [-0.3, -0.25) is 9.51 Å². The minimum Gasteiger partial charge on any atom is -0.445 e. The molecule has 2 heterocycles. The molecule has 7 nitrogen and oxygen atoms in total. The summed E-state index contributed by atoms with van der Waals surface area (Å²) in [5.41, 5.74) is 0.964. The Morgan fingerprint density at radius 1 is 1.32 bits per heavy atom. The first kappa shape index (κ1) is 14.4. The van der Waals surface area contributed by atoms with Gasteiger partial charge in [-0.1, -0.05) is 35.5 Å². The van der Waals surface area contributed by atoms with Crippen molar-refractivity contribution < 1.29 is 14.1 Å². The second-order valence-corrected chi connectivity index (χ2v) is 5.28. The van der Waals surface area contributed by atoms with E-state index in [9.17, 15) is 9.59 Å². The highest BCUT2D eigenvalue weighted by Crippen LogP contribution is 2.25. The number of piperidine rings is 1. The first-order valence-electron chi connectivity index (χ1n) is 7.24. The van der Waals surface area contributed by atoms with Crippen molar-refractivity contribution in [3.63, 3.8) is 0 Å². The maximum atomic E-state index is 12.0. The molecule has 0 radical (unpaired) electrons. The molecule has 0 bridgehead atoms. The molecule has 1 aliphatic rings. The van der Waals surface area contributed by atoms with E-state index in [-0.39, 0.29) is 18.6 Å². The molecule has 1 aliphatic heterocycles. The van der Waals surface area contributed by atoms with E-state index >= 15 is 0 Å². The van der Waals surface area contributed by atoms with Gasteiger partial charge in [-0.2, -0.15) is 0 Å². The summed E-state index contributed by atoms with van der Waals surface area (Å²) < 4.78 is 9.82. The quantitative estimate of drug-likeness (QED) is 0.935. The highest BCUT2D eigenvalue weighted by molar-refractivity contribution is 5.67. The topological polar surface area (TPSA) is 88.4 Å². The van der Waals surface area contributed by atoms with Crippen LogP contribution in [-0.2, 0) is 11.3 Å². The van der Waals surface area contributed by atoms with Gasteiger partial charge in [-0.25, -0.2) is 9.59 Å². The molecule has 2 aromatic rings. The Morgan fingerprint density at radius 2 is 2.05 bits per heavy atom. The van der Waals surface area contributed by atoms with Crippen molar-refractivity contribution in [1.82, 2.24) is 15.0 Å². The minimum absolute atomic E-state index is 0.115. The number of nitrogens with zero attached hydrogens (tertiary/aromatic N) is 2. The molecule has 1 N–H and O–H groups in total. The van der Waals surface area contributed by atoms with Crippen LogP contribution in [-0.4, -0.2) is 34.2 Å². The van der Waals surface area contributed by atoms with E-state index in [0.29, 0.717) is 18.9 Å². The van der Waals surface area contributed by atoms with Crippen LogP contribution in [0.15, 0.2) is 39.6 Å². The van der Waals surface area contributed by atoms with Crippen molar-refractivity contribution >= 4 is 6.09 Å². The van der Waals surface area contributed by atoms with Gasteiger partial charge >= 0.3 is 11.8 Å². The Bertz CT molecular complexity index is 671. The zero-order valence-electron chi connectivity index (χ0n) is 12.0. The Balaban J connectivity index is 1.48. The molecule has 1 amide bonds.